The van der Waals surface area contributed by atoms with Crippen LogP contribution >= 0.6 is 0 Å². The highest BCUT2D eigenvalue weighted by molar-refractivity contribution is 5.84. The number of hydrogen-bond acceptors (Lipinski definition) is 2. The number of carbonyl (C=O) groups excluding carboxylic acids is 1. The molecule has 1 unspecified atom stereocenters. The van der Waals surface area contributed by atoms with Gasteiger partial charge in [0.05, 0.1) is 6.07 Å². The molecule has 0 saturated carbocycles. The van der Waals surface area contributed by atoms with Gasteiger partial charge in [0, 0.05) is 6.54 Å². The number of nitrogens with one attached hydrogen (secondary N) is 1. The monoisotopic (exact) mass is 266 g/mol. The van der Waals surface area contributed by atoms with Crippen LogP contribution in [0.5, 0.6) is 0 Å². The molecule has 0 heterocycles. The highest BCUT2D eigenvalue weighted by Gasteiger charge is 2.20. The van der Waals surface area contributed by atoms with Crippen LogP contribution in [-0.4, -0.2) is 5.91 Å². The average molecular weight is 266 g/mol. The molecular formula is C17H18N2O. The van der Waals surface area contributed by atoms with Crippen molar-refractivity contribution < 1.29 is 4.79 Å². The molecule has 0 aromatic heterocycles. The van der Waals surface area contributed by atoms with Gasteiger partial charge in [0.2, 0.25) is 5.91 Å². The average Bonchev–Trinajstić information content (AvgIpc) is 2.45. The van der Waals surface area contributed by atoms with Crippen LogP contribution in [0.2, 0.25) is 0 Å². The molecule has 2 aromatic rings. The van der Waals surface area contributed by atoms with E-state index >= 15 is 0 Å². The zero-order valence-corrected chi connectivity index (χ0v) is 11.8. The van der Waals surface area contributed by atoms with Crippen LogP contribution in [0.15, 0.2) is 42.5 Å². The molecule has 2 rings (SSSR count). The van der Waals surface area contributed by atoms with E-state index in [1.165, 1.54) is 5.39 Å². The number of carbonyl (C=O) groups is 1. The van der Waals surface area contributed by atoms with Gasteiger partial charge < -0.3 is 5.32 Å². The maximum absolute atomic E-state index is 11.9. The van der Waals surface area contributed by atoms with Crippen molar-refractivity contribution in [2.75, 3.05) is 0 Å². The van der Waals surface area contributed by atoms with E-state index in [0.717, 1.165) is 10.9 Å². The second kappa shape index (κ2) is 6.21. The molecular weight excluding hydrogens is 248 g/mol. The minimum atomic E-state index is -0.588. The van der Waals surface area contributed by atoms with Crippen molar-refractivity contribution in [1.82, 2.24) is 5.32 Å². The lowest BCUT2D eigenvalue weighted by atomic mass is 9.96. The summed E-state index contributed by atoms with van der Waals surface area (Å²) in [5.74, 6) is -0.761. The normalized spacial score (nSPS) is 12.1. The Morgan fingerprint density at radius 2 is 1.90 bits per heavy atom. The second-order valence-corrected chi connectivity index (χ2v) is 5.25. The fraction of sp³-hybridized carbons (Fsp3) is 0.294. The van der Waals surface area contributed by atoms with E-state index in [9.17, 15) is 4.79 Å². The minimum Gasteiger partial charge on any atom is -0.351 e. The topological polar surface area (TPSA) is 52.9 Å². The van der Waals surface area contributed by atoms with Crippen LogP contribution in [-0.2, 0) is 11.3 Å². The van der Waals surface area contributed by atoms with Gasteiger partial charge in [-0.15, -0.1) is 0 Å². The van der Waals surface area contributed by atoms with Crippen LogP contribution in [0.3, 0.4) is 0 Å². The van der Waals surface area contributed by atoms with Crippen molar-refractivity contribution in [1.29, 1.82) is 5.26 Å². The zero-order chi connectivity index (χ0) is 14.5. The third-order valence-corrected chi connectivity index (χ3v) is 3.37. The summed E-state index contributed by atoms with van der Waals surface area (Å²) in [6, 6.07) is 16.3. The van der Waals surface area contributed by atoms with Gasteiger partial charge in [-0.3, -0.25) is 4.79 Å². The third-order valence-electron chi connectivity index (χ3n) is 3.37. The fourth-order valence-corrected chi connectivity index (χ4v) is 2.16. The summed E-state index contributed by atoms with van der Waals surface area (Å²) in [5.41, 5.74) is 1.04. The van der Waals surface area contributed by atoms with E-state index in [4.69, 9.17) is 5.26 Å². The van der Waals surface area contributed by atoms with Gasteiger partial charge >= 0.3 is 0 Å². The van der Waals surface area contributed by atoms with Crippen molar-refractivity contribution in [3.63, 3.8) is 0 Å². The Bertz CT molecular complexity index is 655. The first-order chi connectivity index (χ1) is 9.61. The van der Waals surface area contributed by atoms with E-state index in [2.05, 4.69) is 23.5 Å². The first-order valence-corrected chi connectivity index (χ1v) is 6.77. The van der Waals surface area contributed by atoms with E-state index in [1.807, 2.05) is 44.2 Å². The van der Waals surface area contributed by atoms with E-state index in [-0.39, 0.29) is 11.8 Å². The fourth-order valence-electron chi connectivity index (χ4n) is 2.16. The molecule has 2 aromatic carbocycles. The number of hydrogen-bond donors (Lipinski definition) is 1. The van der Waals surface area contributed by atoms with Gasteiger partial charge in [0.25, 0.3) is 0 Å². The number of fused-ring (bicyclic) bond motifs is 1. The number of nitriles is 1. The van der Waals surface area contributed by atoms with Gasteiger partial charge in [-0.2, -0.15) is 5.26 Å². The van der Waals surface area contributed by atoms with E-state index < -0.39 is 5.92 Å². The molecule has 102 valence electrons. The summed E-state index contributed by atoms with van der Waals surface area (Å²) in [4.78, 5) is 11.9. The molecule has 0 aliphatic carbocycles. The zero-order valence-electron chi connectivity index (χ0n) is 11.8. The summed E-state index contributed by atoms with van der Waals surface area (Å²) in [6.45, 7) is 4.21. The Morgan fingerprint density at radius 3 is 2.55 bits per heavy atom. The highest BCUT2D eigenvalue weighted by Crippen LogP contribution is 2.16. The predicted molar refractivity (Wildman–Crippen MR) is 79.7 cm³/mol. The largest absolute Gasteiger partial charge is 0.351 e. The van der Waals surface area contributed by atoms with Crippen molar-refractivity contribution in [2.45, 2.75) is 20.4 Å². The van der Waals surface area contributed by atoms with Crippen molar-refractivity contribution in [3.05, 3.63) is 48.0 Å². The molecule has 20 heavy (non-hydrogen) atoms. The van der Waals surface area contributed by atoms with Gasteiger partial charge in [0.15, 0.2) is 0 Å². The Kier molecular flexibility index (Phi) is 4.37. The van der Waals surface area contributed by atoms with Gasteiger partial charge in [-0.1, -0.05) is 50.2 Å². The van der Waals surface area contributed by atoms with Gasteiger partial charge in [0.1, 0.15) is 5.92 Å². The molecule has 1 atom stereocenters. The quantitative estimate of drug-likeness (QED) is 0.923. The predicted octanol–water partition coefficient (Wildman–Crippen LogP) is 3.25. The SMILES string of the molecule is CC(C)C(C#N)C(=O)NCc1ccc2ccccc2c1. The van der Waals surface area contributed by atoms with E-state index in [1.54, 1.807) is 0 Å². The Hall–Kier alpha value is -2.34. The first kappa shape index (κ1) is 14.1. The van der Waals surface area contributed by atoms with Crippen molar-refractivity contribution in [3.8, 4) is 6.07 Å². The molecule has 1 N–H and O–H groups in total. The number of benzene rings is 2. The molecule has 0 aliphatic rings. The van der Waals surface area contributed by atoms with Crippen LogP contribution < -0.4 is 5.32 Å². The molecule has 1 amide bonds. The molecule has 0 aliphatic heterocycles. The Labute approximate surface area is 119 Å². The lowest BCUT2D eigenvalue weighted by molar-refractivity contribution is -0.124. The molecule has 0 saturated heterocycles. The van der Waals surface area contributed by atoms with E-state index in [0.29, 0.717) is 6.54 Å². The third kappa shape index (κ3) is 3.16. The highest BCUT2D eigenvalue weighted by atomic mass is 16.1. The summed E-state index contributed by atoms with van der Waals surface area (Å²) in [6.07, 6.45) is 0. The summed E-state index contributed by atoms with van der Waals surface area (Å²) in [5, 5.41) is 14.2. The Balaban J connectivity index is 2.06. The second-order valence-electron chi connectivity index (χ2n) is 5.25. The minimum absolute atomic E-state index is 0.0246. The van der Waals surface area contributed by atoms with Crippen molar-refractivity contribution >= 4 is 16.7 Å². The first-order valence-electron chi connectivity index (χ1n) is 6.77. The molecule has 0 radical (unpaired) electrons. The van der Waals surface area contributed by atoms with Crippen LogP contribution in [0, 0.1) is 23.2 Å². The summed E-state index contributed by atoms with van der Waals surface area (Å²) < 4.78 is 0. The Morgan fingerprint density at radius 1 is 1.20 bits per heavy atom. The van der Waals surface area contributed by atoms with Crippen LogP contribution in [0.1, 0.15) is 19.4 Å². The lowest BCUT2D eigenvalue weighted by Crippen LogP contribution is -2.32. The number of amides is 1. The van der Waals surface area contributed by atoms with Gasteiger partial charge in [-0.05, 0) is 28.3 Å². The number of rotatable bonds is 4. The van der Waals surface area contributed by atoms with Crippen LogP contribution in [0.4, 0.5) is 0 Å². The smallest absolute Gasteiger partial charge is 0.237 e. The maximum Gasteiger partial charge on any atom is 0.237 e. The summed E-state index contributed by atoms with van der Waals surface area (Å²) in [7, 11) is 0. The van der Waals surface area contributed by atoms with Gasteiger partial charge in [-0.25, -0.2) is 0 Å². The van der Waals surface area contributed by atoms with Crippen molar-refractivity contribution in [2.24, 2.45) is 11.8 Å². The molecule has 0 bridgehead atoms. The number of nitrogens with zero attached hydrogens (tertiary/aromatic N) is 1. The molecule has 3 nitrogen and oxygen atoms in total. The van der Waals surface area contributed by atoms with Crippen LogP contribution in [0.25, 0.3) is 10.8 Å². The lowest BCUT2D eigenvalue weighted by Gasteiger charge is -2.13. The molecule has 3 heteroatoms. The maximum atomic E-state index is 11.9. The standard InChI is InChI=1S/C17H18N2O/c1-12(2)16(10-18)17(20)19-11-13-7-8-14-5-3-4-6-15(14)9-13/h3-9,12,16H,11H2,1-2H3,(H,19,20). The molecule has 0 fully saturated rings. The molecule has 0 spiro atoms. The summed E-state index contributed by atoms with van der Waals surface area (Å²) >= 11 is 0.